The van der Waals surface area contributed by atoms with Crippen molar-refractivity contribution < 1.29 is 14.6 Å². The van der Waals surface area contributed by atoms with E-state index in [0.717, 1.165) is 0 Å². The number of rotatable bonds is 5. The molecule has 0 bridgehead atoms. The van der Waals surface area contributed by atoms with Crippen LogP contribution in [-0.4, -0.2) is 24.3 Å². The van der Waals surface area contributed by atoms with Gasteiger partial charge < -0.3 is 9.84 Å². The van der Waals surface area contributed by atoms with Gasteiger partial charge in [0.2, 0.25) is 0 Å². The summed E-state index contributed by atoms with van der Waals surface area (Å²) in [5.41, 5.74) is 0. The van der Waals surface area contributed by atoms with Gasteiger partial charge in [-0.05, 0) is 19.8 Å². The van der Waals surface area contributed by atoms with Crippen molar-refractivity contribution in [3.8, 4) is 0 Å². The molecular weight excluding hydrogens is 144 g/mol. The lowest BCUT2D eigenvalue weighted by molar-refractivity contribution is -0.147. The van der Waals surface area contributed by atoms with Gasteiger partial charge in [0.05, 0.1) is 12.5 Å². The average molecular weight is 160 g/mol. The maximum absolute atomic E-state index is 10.9. The molecule has 0 aliphatic heterocycles. The fourth-order valence-corrected chi connectivity index (χ4v) is 0.800. The molecule has 0 amide bonds. The van der Waals surface area contributed by atoms with Crippen LogP contribution in [0.5, 0.6) is 0 Å². The maximum atomic E-state index is 10.9. The Morgan fingerprint density at radius 3 is 2.73 bits per heavy atom. The number of carbonyl (C=O) groups excluding carboxylic acids is 1. The van der Waals surface area contributed by atoms with E-state index in [1.807, 2.05) is 6.92 Å². The van der Waals surface area contributed by atoms with E-state index in [-0.39, 0.29) is 18.5 Å². The predicted molar refractivity (Wildman–Crippen MR) is 42.1 cm³/mol. The molecule has 0 aliphatic rings. The average Bonchev–Trinajstić information content (AvgIpc) is 2.00. The minimum absolute atomic E-state index is 0.0814. The van der Waals surface area contributed by atoms with Gasteiger partial charge in [0.15, 0.2) is 0 Å². The van der Waals surface area contributed by atoms with Gasteiger partial charge in [-0.2, -0.15) is 0 Å². The molecule has 0 aromatic carbocycles. The second-order valence-corrected chi connectivity index (χ2v) is 2.52. The Morgan fingerprint density at radius 1 is 1.64 bits per heavy atom. The van der Waals surface area contributed by atoms with Crippen molar-refractivity contribution >= 4 is 5.97 Å². The summed E-state index contributed by atoms with van der Waals surface area (Å²) in [6, 6.07) is 0. The minimum atomic E-state index is -0.166. The Morgan fingerprint density at radius 2 is 2.27 bits per heavy atom. The Bertz CT molecular complexity index is 112. The third-order valence-electron chi connectivity index (χ3n) is 1.48. The van der Waals surface area contributed by atoms with Crippen LogP contribution in [0.25, 0.3) is 0 Å². The first-order valence-corrected chi connectivity index (χ1v) is 3.99. The van der Waals surface area contributed by atoms with Crippen molar-refractivity contribution in [3.05, 3.63) is 0 Å². The Labute approximate surface area is 67.4 Å². The predicted octanol–water partition coefficient (Wildman–Crippen LogP) is 0.958. The van der Waals surface area contributed by atoms with E-state index in [4.69, 9.17) is 9.84 Å². The highest BCUT2D eigenvalue weighted by atomic mass is 16.5. The van der Waals surface area contributed by atoms with Crippen LogP contribution in [0.1, 0.15) is 26.7 Å². The number of aliphatic hydroxyl groups excluding tert-OH is 1. The van der Waals surface area contributed by atoms with E-state index in [0.29, 0.717) is 19.4 Å². The molecule has 1 N–H and O–H groups in total. The van der Waals surface area contributed by atoms with Crippen molar-refractivity contribution in [1.29, 1.82) is 0 Å². The fourth-order valence-electron chi connectivity index (χ4n) is 0.800. The van der Waals surface area contributed by atoms with E-state index < -0.39 is 0 Å². The molecule has 0 saturated heterocycles. The van der Waals surface area contributed by atoms with Crippen molar-refractivity contribution in [1.82, 2.24) is 0 Å². The standard InChI is InChI=1S/C8H16O3/c1-3-11-8(10)7(2)5-4-6-9/h7,9H,3-6H2,1-2H3. The molecule has 0 spiro atoms. The van der Waals surface area contributed by atoms with E-state index in [9.17, 15) is 4.79 Å². The largest absolute Gasteiger partial charge is 0.466 e. The number of esters is 1. The summed E-state index contributed by atoms with van der Waals surface area (Å²) in [7, 11) is 0. The highest BCUT2D eigenvalue weighted by Gasteiger charge is 2.12. The summed E-state index contributed by atoms with van der Waals surface area (Å²) in [5.74, 6) is -0.247. The summed E-state index contributed by atoms with van der Waals surface area (Å²) >= 11 is 0. The number of carbonyl (C=O) groups is 1. The second kappa shape index (κ2) is 6.16. The van der Waals surface area contributed by atoms with Crippen LogP contribution < -0.4 is 0 Å². The molecule has 0 aromatic heterocycles. The van der Waals surface area contributed by atoms with Gasteiger partial charge in [-0.25, -0.2) is 0 Å². The first-order chi connectivity index (χ1) is 5.22. The summed E-state index contributed by atoms with van der Waals surface area (Å²) in [5, 5.41) is 8.47. The quantitative estimate of drug-likeness (QED) is 0.609. The van der Waals surface area contributed by atoms with Crippen LogP contribution in [0.2, 0.25) is 0 Å². The zero-order valence-corrected chi connectivity index (χ0v) is 7.17. The van der Waals surface area contributed by atoms with E-state index in [1.165, 1.54) is 0 Å². The normalized spacial score (nSPS) is 12.6. The van der Waals surface area contributed by atoms with Gasteiger partial charge in [0, 0.05) is 6.61 Å². The summed E-state index contributed by atoms with van der Waals surface area (Å²) in [4.78, 5) is 10.9. The molecule has 1 unspecified atom stereocenters. The first kappa shape index (κ1) is 10.4. The SMILES string of the molecule is CCOC(=O)C(C)CCCO. The highest BCUT2D eigenvalue weighted by Crippen LogP contribution is 2.06. The summed E-state index contributed by atoms with van der Waals surface area (Å²) < 4.78 is 4.78. The van der Waals surface area contributed by atoms with Gasteiger partial charge in [0.1, 0.15) is 0 Å². The first-order valence-electron chi connectivity index (χ1n) is 3.99. The Hall–Kier alpha value is -0.570. The summed E-state index contributed by atoms with van der Waals surface area (Å²) in [6.45, 7) is 4.18. The zero-order valence-electron chi connectivity index (χ0n) is 7.17. The molecule has 0 aromatic rings. The third-order valence-corrected chi connectivity index (χ3v) is 1.48. The molecular formula is C8H16O3. The van der Waals surface area contributed by atoms with E-state index >= 15 is 0 Å². The zero-order chi connectivity index (χ0) is 8.69. The van der Waals surface area contributed by atoms with Crippen molar-refractivity contribution in [2.45, 2.75) is 26.7 Å². The second-order valence-electron chi connectivity index (χ2n) is 2.52. The fraction of sp³-hybridized carbons (Fsp3) is 0.875. The molecule has 3 heteroatoms. The number of hydrogen-bond acceptors (Lipinski definition) is 3. The number of aliphatic hydroxyl groups is 1. The van der Waals surface area contributed by atoms with Crippen LogP contribution >= 0.6 is 0 Å². The highest BCUT2D eigenvalue weighted by molar-refractivity contribution is 5.71. The molecule has 1 atom stereocenters. The lowest BCUT2D eigenvalue weighted by Crippen LogP contribution is -2.14. The van der Waals surface area contributed by atoms with Crippen LogP contribution in [-0.2, 0) is 9.53 Å². The number of hydrogen-bond donors (Lipinski definition) is 1. The maximum Gasteiger partial charge on any atom is 0.308 e. The van der Waals surface area contributed by atoms with Gasteiger partial charge in [-0.15, -0.1) is 0 Å². The molecule has 0 rings (SSSR count). The Balaban J connectivity index is 3.46. The molecule has 0 heterocycles. The van der Waals surface area contributed by atoms with Crippen LogP contribution in [0.15, 0.2) is 0 Å². The van der Waals surface area contributed by atoms with Crippen LogP contribution in [0.4, 0.5) is 0 Å². The van der Waals surface area contributed by atoms with E-state index in [2.05, 4.69) is 0 Å². The van der Waals surface area contributed by atoms with Crippen LogP contribution in [0, 0.1) is 5.92 Å². The number of ether oxygens (including phenoxy) is 1. The van der Waals surface area contributed by atoms with Gasteiger partial charge in [-0.1, -0.05) is 6.92 Å². The molecule has 0 fully saturated rings. The van der Waals surface area contributed by atoms with Gasteiger partial charge in [-0.3, -0.25) is 4.79 Å². The molecule has 0 radical (unpaired) electrons. The lowest BCUT2D eigenvalue weighted by Gasteiger charge is -2.08. The summed E-state index contributed by atoms with van der Waals surface area (Å²) in [6.07, 6.45) is 1.37. The minimum Gasteiger partial charge on any atom is -0.466 e. The van der Waals surface area contributed by atoms with Gasteiger partial charge in [0.25, 0.3) is 0 Å². The van der Waals surface area contributed by atoms with Gasteiger partial charge >= 0.3 is 5.97 Å². The van der Waals surface area contributed by atoms with Crippen molar-refractivity contribution in [3.63, 3.8) is 0 Å². The smallest absolute Gasteiger partial charge is 0.308 e. The molecule has 11 heavy (non-hydrogen) atoms. The molecule has 0 aliphatic carbocycles. The monoisotopic (exact) mass is 160 g/mol. The lowest BCUT2D eigenvalue weighted by atomic mass is 10.1. The molecule has 66 valence electrons. The topological polar surface area (TPSA) is 46.5 Å². The Kier molecular flexibility index (Phi) is 5.84. The van der Waals surface area contributed by atoms with Crippen molar-refractivity contribution in [2.24, 2.45) is 5.92 Å². The van der Waals surface area contributed by atoms with Crippen LogP contribution in [0.3, 0.4) is 0 Å². The molecule has 3 nitrogen and oxygen atoms in total. The van der Waals surface area contributed by atoms with E-state index in [1.54, 1.807) is 6.92 Å². The molecule has 0 saturated carbocycles. The van der Waals surface area contributed by atoms with Crippen molar-refractivity contribution in [2.75, 3.05) is 13.2 Å². The third kappa shape index (κ3) is 4.79.